The van der Waals surface area contributed by atoms with Crippen molar-refractivity contribution in [2.45, 2.75) is 65.0 Å². The molecule has 6 heteroatoms. The third kappa shape index (κ3) is 7.97. The van der Waals surface area contributed by atoms with Gasteiger partial charge in [0.05, 0.1) is 19.8 Å². The largest absolute Gasteiger partial charge is 0.497 e. The molecule has 1 aliphatic rings. The molecule has 0 spiro atoms. The van der Waals surface area contributed by atoms with E-state index in [0.29, 0.717) is 12.6 Å². The van der Waals surface area contributed by atoms with Gasteiger partial charge >= 0.3 is 0 Å². The SMILES string of the molecule is CCNC(=NCc1ccc(OC)cc1OC1CCCC1)NCCCCOCC. The smallest absolute Gasteiger partial charge is 0.191 e. The normalized spacial score (nSPS) is 14.9. The highest BCUT2D eigenvalue weighted by atomic mass is 16.5. The number of hydrogen-bond donors (Lipinski definition) is 2. The molecule has 1 aliphatic carbocycles. The van der Waals surface area contributed by atoms with Gasteiger partial charge in [-0.2, -0.15) is 0 Å². The third-order valence-electron chi connectivity index (χ3n) is 4.83. The summed E-state index contributed by atoms with van der Waals surface area (Å²) in [5.41, 5.74) is 1.08. The molecule has 158 valence electrons. The quantitative estimate of drug-likeness (QED) is 0.321. The Balaban J connectivity index is 1.95. The van der Waals surface area contributed by atoms with E-state index in [1.165, 1.54) is 12.8 Å². The van der Waals surface area contributed by atoms with Gasteiger partial charge in [0.2, 0.25) is 0 Å². The van der Waals surface area contributed by atoms with Crippen molar-refractivity contribution in [3.05, 3.63) is 23.8 Å². The summed E-state index contributed by atoms with van der Waals surface area (Å²) in [6.45, 7) is 7.99. The molecule has 28 heavy (non-hydrogen) atoms. The van der Waals surface area contributed by atoms with Crippen molar-refractivity contribution in [2.75, 3.05) is 33.4 Å². The predicted molar refractivity (Wildman–Crippen MR) is 114 cm³/mol. The van der Waals surface area contributed by atoms with E-state index in [4.69, 9.17) is 19.2 Å². The summed E-state index contributed by atoms with van der Waals surface area (Å²) in [7, 11) is 1.69. The lowest BCUT2D eigenvalue weighted by Crippen LogP contribution is -2.37. The maximum absolute atomic E-state index is 6.27. The molecule has 0 bridgehead atoms. The highest BCUT2D eigenvalue weighted by molar-refractivity contribution is 5.79. The minimum atomic E-state index is 0.312. The van der Waals surface area contributed by atoms with Crippen molar-refractivity contribution in [1.29, 1.82) is 0 Å². The standard InChI is InChI=1S/C22H37N3O3/c1-4-23-22(24-14-8-9-15-27-5-2)25-17-18-12-13-20(26-3)16-21(18)28-19-10-6-7-11-19/h12-13,16,19H,4-11,14-15,17H2,1-3H3,(H2,23,24,25). The summed E-state index contributed by atoms with van der Waals surface area (Å²) < 4.78 is 17.0. The van der Waals surface area contributed by atoms with E-state index in [1.807, 2.05) is 19.1 Å². The Morgan fingerprint density at radius 2 is 1.96 bits per heavy atom. The predicted octanol–water partition coefficient (Wildman–Crippen LogP) is 3.89. The van der Waals surface area contributed by atoms with Crippen molar-refractivity contribution in [3.63, 3.8) is 0 Å². The summed E-state index contributed by atoms with van der Waals surface area (Å²) in [6, 6.07) is 6.01. The van der Waals surface area contributed by atoms with Crippen LogP contribution in [0.4, 0.5) is 0 Å². The van der Waals surface area contributed by atoms with E-state index in [0.717, 1.165) is 75.0 Å². The fraction of sp³-hybridized carbons (Fsp3) is 0.682. The minimum absolute atomic E-state index is 0.312. The highest BCUT2D eigenvalue weighted by Gasteiger charge is 2.18. The molecule has 1 aromatic carbocycles. The van der Waals surface area contributed by atoms with Crippen LogP contribution in [0, 0.1) is 0 Å². The maximum Gasteiger partial charge on any atom is 0.191 e. The fourth-order valence-electron chi connectivity index (χ4n) is 3.27. The van der Waals surface area contributed by atoms with Gasteiger partial charge in [-0.1, -0.05) is 0 Å². The molecule has 0 radical (unpaired) electrons. The topological polar surface area (TPSA) is 64.1 Å². The number of ether oxygens (including phenoxy) is 3. The Hall–Kier alpha value is -1.95. The Kier molecular flexibility index (Phi) is 10.6. The van der Waals surface area contributed by atoms with Gasteiger partial charge in [0.1, 0.15) is 11.5 Å². The zero-order valence-corrected chi connectivity index (χ0v) is 17.8. The van der Waals surface area contributed by atoms with E-state index in [2.05, 4.69) is 23.6 Å². The molecule has 6 nitrogen and oxygen atoms in total. The number of guanidine groups is 1. The summed E-state index contributed by atoms with van der Waals surface area (Å²) in [5, 5.41) is 6.71. The maximum atomic E-state index is 6.27. The Morgan fingerprint density at radius 1 is 1.14 bits per heavy atom. The number of hydrogen-bond acceptors (Lipinski definition) is 4. The van der Waals surface area contributed by atoms with Crippen LogP contribution in [-0.2, 0) is 11.3 Å². The first-order valence-corrected chi connectivity index (χ1v) is 10.7. The molecule has 1 fully saturated rings. The lowest BCUT2D eigenvalue weighted by atomic mass is 10.2. The van der Waals surface area contributed by atoms with Crippen LogP contribution < -0.4 is 20.1 Å². The highest BCUT2D eigenvalue weighted by Crippen LogP contribution is 2.30. The van der Waals surface area contributed by atoms with Crippen LogP contribution in [0.1, 0.15) is 57.9 Å². The number of nitrogens with one attached hydrogen (secondary N) is 2. The van der Waals surface area contributed by atoms with Gasteiger partial charge in [-0.05, 0) is 64.5 Å². The lowest BCUT2D eigenvalue weighted by molar-refractivity contribution is 0.143. The number of rotatable bonds is 12. The van der Waals surface area contributed by atoms with Crippen molar-refractivity contribution in [2.24, 2.45) is 4.99 Å². The molecule has 0 aromatic heterocycles. The van der Waals surface area contributed by atoms with Gasteiger partial charge < -0.3 is 24.8 Å². The number of aliphatic imine (C=N–C) groups is 1. The third-order valence-corrected chi connectivity index (χ3v) is 4.83. The molecule has 0 saturated heterocycles. The molecular weight excluding hydrogens is 354 g/mol. The van der Waals surface area contributed by atoms with E-state index in [9.17, 15) is 0 Å². The zero-order valence-electron chi connectivity index (χ0n) is 17.8. The number of methoxy groups -OCH3 is 1. The van der Waals surface area contributed by atoms with Crippen molar-refractivity contribution < 1.29 is 14.2 Å². The van der Waals surface area contributed by atoms with E-state index in [1.54, 1.807) is 7.11 Å². The van der Waals surface area contributed by atoms with Gasteiger partial charge in [-0.25, -0.2) is 4.99 Å². The molecule has 0 atom stereocenters. The van der Waals surface area contributed by atoms with Crippen LogP contribution >= 0.6 is 0 Å². The van der Waals surface area contributed by atoms with Crippen LogP contribution in [-0.4, -0.2) is 45.5 Å². The Morgan fingerprint density at radius 3 is 2.68 bits per heavy atom. The average Bonchev–Trinajstić information content (AvgIpc) is 3.22. The molecular formula is C22H37N3O3. The zero-order chi connectivity index (χ0) is 20.0. The Bertz CT molecular complexity index is 586. The first kappa shape index (κ1) is 22.3. The molecule has 1 aromatic rings. The summed E-state index contributed by atoms with van der Waals surface area (Å²) in [4.78, 5) is 4.75. The van der Waals surface area contributed by atoms with E-state index >= 15 is 0 Å². The van der Waals surface area contributed by atoms with E-state index < -0.39 is 0 Å². The van der Waals surface area contributed by atoms with Gasteiger partial charge in [0.25, 0.3) is 0 Å². The molecule has 0 aliphatic heterocycles. The van der Waals surface area contributed by atoms with E-state index in [-0.39, 0.29) is 0 Å². The molecule has 0 heterocycles. The van der Waals surface area contributed by atoms with Gasteiger partial charge in [0.15, 0.2) is 5.96 Å². The Labute approximate surface area is 170 Å². The number of nitrogens with zero attached hydrogens (tertiary/aromatic N) is 1. The number of unbranched alkanes of at least 4 members (excludes halogenated alkanes) is 1. The molecule has 0 unspecified atom stereocenters. The summed E-state index contributed by atoms with van der Waals surface area (Å²) in [6.07, 6.45) is 7.19. The molecule has 2 N–H and O–H groups in total. The van der Waals surface area contributed by atoms with Gasteiger partial charge in [-0.15, -0.1) is 0 Å². The first-order valence-electron chi connectivity index (χ1n) is 10.7. The molecule has 0 amide bonds. The lowest BCUT2D eigenvalue weighted by Gasteiger charge is -2.17. The van der Waals surface area contributed by atoms with Gasteiger partial charge in [-0.3, -0.25) is 0 Å². The fourth-order valence-corrected chi connectivity index (χ4v) is 3.27. The van der Waals surface area contributed by atoms with Crippen LogP contribution in [0.2, 0.25) is 0 Å². The van der Waals surface area contributed by atoms with Crippen LogP contribution in [0.5, 0.6) is 11.5 Å². The second kappa shape index (κ2) is 13.3. The van der Waals surface area contributed by atoms with Crippen LogP contribution in [0.3, 0.4) is 0 Å². The summed E-state index contributed by atoms with van der Waals surface area (Å²) >= 11 is 0. The second-order valence-corrected chi connectivity index (χ2v) is 7.02. The molecule has 2 rings (SSSR count). The molecule has 1 saturated carbocycles. The average molecular weight is 392 g/mol. The van der Waals surface area contributed by atoms with Crippen molar-refractivity contribution in [1.82, 2.24) is 10.6 Å². The second-order valence-electron chi connectivity index (χ2n) is 7.02. The minimum Gasteiger partial charge on any atom is -0.497 e. The monoisotopic (exact) mass is 391 g/mol. The van der Waals surface area contributed by atoms with Crippen LogP contribution in [0.25, 0.3) is 0 Å². The van der Waals surface area contributed by atoms with Crippen molar-refractivity contribution >= 4 is 5.96 Å². The number of benzene rings is 1. The van der Waals surface area contributed by atoms with Crippen molar-refractivity contribution in [3.8, 4) is 11.5 Å². The van der Waals surface area contributed by atoms with Crippen LogP contribution in [0.15, 0.2) is 23.2 Å². The summed E-state index contributed by atoms with van der Waals surface area (Å²) in [5.74, 6) is 2.55. The van der Waals surface area contributed by atoms with Gasteiger partial charge in [0, 0.05) is 37.9 Å². The first-order chi connectivity index (χ1) is 13.8.